The summed E-state index contributed by atoms with van der Waals surface area (Å²) in [7, 11) is 0. The van der Waals surface area contributed by atoms with Gasteiger partial charge in [0.15, 0.2) is 0 Å². The minimum absolute atomic E-state index is 0.0160. The van der Waals surface area contributed by atoms with Crippen LogP contribution in [0.1, 0.15) is 52.9 Å². The first-order valence-corrected chi connectivity index (χ1v) is 7.51. The molecule has 0 saturated heterocycles. The molecule has 20 heavy (non-hydrogen) atoms. The molecule has 1 aliphatic rings. The maximum absolute atomic E-state index is 12.3. The van der Waals surface area contributed by atoms with E-state index in [0.717, 1.165) is 25.7 Å². The molecule has 0 bridgehead atoms. The molecular formula is C15H28N2O3. The molecule has 5 heteroatoms. The predicted molar refractivity (Wildman–Crippen MR) is 78.1 cm³/mol. The molecule has 4 N–H and O–H groups in total. The molecule has 0 radical (unpaired) electrons. The average Bonchev–Trinajstić information content (AvgIpc) is 2.66. The minimum Gasteiger partial charge on any atom is -0.481 e. The van der Waals surface area contributed by atoms with Crippen molar-refractivity contribution in [2.24, 2.45) is 23.0 Å². The molecule has 0 aromatic carbocycles. The van der Waals surface area contributed by atoms with Crippen molar-refractivity contribution in [1.29, 1.82) is 0 Å². The van der Waals surface area contributed by atoms with E-state index in [1.165, 1.54) is 0 Å². The molecule has 0 aromatic heterocycles. The summed E-state index contributed by atoms with van der Waals surface area (Å²) in [5, 5.41) is 11.9. The van der Waals surface area contributed by atoms with Crippen LogP contribution in [0.2, 0.25) is 0 Å². The van der Waals surface area contributed by atoms with Gasteiger partial charge in [-0.05, 0) is 38.0 Å². The average molecular weight is 284 g/mol. The fourth-order valence-corrected chi connectivity index (χ4v) is 3.07. The maximum Gasteiger partial charge on any atom is 0.303 e. The summed E-state index contributed by atoms with van der Waals surface area (Å²) in [5.74, 6) is -0.437. The number of nitrogens with two attached hydrogens (primary N) is 1. The van der Waals surface area contributed by atoms with E-state index in [2.05, 4.69) is 19.2 Å². The smallest absolute Gasteiger partial charge is 0.303 e. The zero-order valence-corrected chi connectivity index (χ0v) is 12.8. The number of hydrogen-bond donors (Lipinski definition) is 3. The second-order valence-electron chi connectivity index (χ2n) is 6.72. The monoisotopic (exact) mass is 284 g/mol. The van der Waals surface area contributed by atoms with Crippen molar-refractivity contribution < 1.29 is 14.7 Å². The maximum atomic E-state index is 12.3. The number of nitrogens with one attached hydrogen (secondary N) is 1. The second-order valence-corrected chi connectivity index (χ2v) is 6.72. The van der Waals surface area contributed by atoms with Crippen LogP contribution in [-0.4, -0.2) is 29.6 Å². The van der Waals surface area contributed by atoms with E-state index < -0.39 is 11.4 Å². The van der Waals surface area contributed by atoms with Gasteiger partial charge in [0.25, 0.3) is 0 Å². The Morgan fingerprint density at radius 3 is 2.55 bits per heavy atom. The molecule has 1 fully saturated rings. The van der Waals surface area contributed by atoms with Crippen molar-refractivity contribution in [3.05, 3.63) is 0 Å². The molecule has 5 nitrogen and oxygen atoms in total. The van der Waals surface area contributed by atoms with Crippen molar-refractivity contribution >= 4 is 11.9 Å². The van der Waals surface area contributed by atoms with Gasteiger partial charge in [0.05, 0.1) is 5.41 Å². The Labute approximate surface area is 121 Å². The van der Waals surface area contributed by atoms with E-state index in [0.29, 0.717) is 12.5 Å². The molecule has 1 amide bonds. The van der Waals surface area contributed by atoms with Gasteiger partial charge in [-0.2, -0.15) is 0 Å². The summed E-state index contributed by atoms with van der Waals surface area (Å²) >= 11 is 0. The molecular weight excluding hydrogens is 256 g/mol. The summed E-state index contributed by atoms with van der Waals surface area (Å²) in [6.45, 7) is 6.45. The van der Waals surface area contributed by atoms with Crippen LogP contribution in [0, 0.1) is 17.3 Å². The Kier molecular flexibility index (Phi) is 5.99. The van der Waals surface area contributed by atoms with Crippen LogP contribution in [0.5, 0.6) is 0 Å². The van der Waals surface area contributed by atoms with Crippen LogP contribution in [0.4, 0.5) is 0 Å². The first kappa shape index (κ1) is 17.0. The fourth-order valence-electron chi connectivity index (χ4n) is 3.07. The van der Waals surface area contributed by atoms with Crippen LogP contribution in [0.15, 0.2) is 0 Å². The Bertz CT molecular complexity index is 357. The molecule has 0 aliphatic heterocycles. The Hall–Kier alpha value is -1.10. The highest BCUT2D eigenvalue weighted by Crippen LogP contribution is 2.36. The van der Waals surface area contributed by atoms with E-state index in [9.17, 15) is 9.59 Å². The highest BCUT2D eigenvalue weighted by atomic mass is 16.4. The number of aliphatic carboxylic acids is 1. The number of rotatable bonds is 7. The summed E-state index contributed by atoms with van der Waals surface area (Å²) in [6, 6.07) is -0.0921. The van der Waals surface area contributed by atoms with Gasteiger partial charge in [0.2, 0.25) is 5.91 Å². The van der Waals surface area contributed by atoms with Crippen molar-refractivity contribution in [2.45, 2.75) is 58.9 Å². The van der Waals surface area contributed by atoms with Crippen molar-refractivity contribution in [3.63, 3.8) is 0 Å². The molecule has 0 aromatic rings. The van der Waals surface area contributed by atoms with Gasteiger partial charge in [0, 0.05) is 19.0 Å². The normalized spacial score (nSPS) is 27.6. The molecule has 2 unspecified atom stereocenters. The van der Waals surface area contributed by atoms with Crippen molar-refractivity contribution in [3.8, 4) is 0 Å². The first-order chi connectivity index (χ1) is 9.25. The zero-order valence-electron chi connectivity index (χ0n) is 12.8. The summed E-state index contributed by atoms with van der Waals surface area (Å²) in [6.07, 6.45) is 3.58. The SMILES string of the molecule is CC(C)C[C@H](CNC(=O)C1(C)CCCC1N)CC(=O)O. The molecule has 0 heterocycles. The highest BCUT2D eigenvalue weighted by Gasteiger charge is 2.42. The largest absolute Gasteiger partial charge is 0.481 e. The minimum atomic E-state index is -0.811. The zero-order chi connectivity index (χ0) is 15.3. The highest BCUT2D eigenvalue weighted by molar-refractivity contribution is 5.83. The predicted octanol–water partition coefficient (Wildman–Crippen LogP) is 1.76. The van der Waals surface area contributed by atoms with E-state index in [1.807, 2.05) is 6.92 Å². The lowest BCUT2D eigenvalue weighted by Gasteiger charge is -2.28. The standard InChI is InChI=1S/C15H28N2O3/c1-10(2)7-11(8-13(18)19)9-17-14(20)15(3)6-4-5-12(15)16/h10-12H,4-9,16H2,1-3H3,(H,17,20)(H,18,19)/t11-,12?,15?/m0/s1. The van der Waals surface area contributed by atoms with Crippen LogP contribution >= 0.6 is 0 Å². The number of carbonyl (C=O) groups excluding carboxylic acids is 1. The molecule has 1 rings (SSSR count). The lowest BCUT2D eigenvalue weighted by atomic mass is 9.84. The molecule has 0 spiro atoms. The molecule has 1 saturated carbocycles. The van der Waals surface area contributed by atoms with Crippen LogP contribution in [-0.2, 0) is 9.59 Å². The van der Waals surface area contributed by atoms with Crippen LogP contribution in [0.25, 0.3) is 0 Å². The summed E-state index contributed by atoms with van der Waals surface area (Å²) < 4.78 is 0. The van der Waals surface area contributed by atoms with Crippen molar-refractivity contribution in [1.82, 2.24) is 5.32 Å². The van der Waals surface area contributed by atoms with Crippen molar-refractivity contribution in [2.75, 3.05) is 6.54 Å². The van der Waals surface area contributed by atoms with E-state index in [4.69, 9.17) is 10.8 Å². The third-order valence-corrected chi connectivity index (χ3v) is 4.37. The van der Waals surface area contributed by atoms with Gasteiger partial charge in [-0.25, -0.2) is 0 Å². The van der Waals surface area contributed by atoms with Gasteiger partial charge in [-0.15, -0.1) is 0 Å². The second kappa shape index (κ2) is 7.07. The van der Waals surface area contributed by atoms with Gasteiger partial charge >= 0.3 is 5.97 Å². The molecule has 3 atom stereocenters. The Morgan fingerprint density at radius 1 is 1.45 bits per heavy atom. The topological polar surface area (TPSA) is 92.4 Å². The summed E-state index contributed by atoms with van der Waals surface area (Å²) in [4.78, 5) is 23.2. The quantitative estimate of drug-likeness (QED) is 0.664. The lowest BCUT2D eigenvalue weighted by Crippen LogP contribution is -2.48. The fraction of sp³-hybridized carbons (Fsp3) is 0.867. The van der Waals surface area contributed by atoms with E-state index >= 15 is 0 Å². The third kappa shape index (κ3) is 4.47. The van der Waals surface area contributed by atoms with E-state index in [1.54, 1.807) is 0 Å². The lowest BCUT2D eigenvalue weighted by molar-refractivity contribution is -0.138. The van der Waals surface area contributed by atoms with Crippen LogP contribution < -0.4 is 11.1 Å². The molecule has 1 aliphatic carbocycles. The first-order valence-electron chi connectivity index (χ1n) is 7.51. The van der Waals surface area contributed by atoms with E-state index in [-0.39, 0.29) is 24.3 Å². The number of carbonyl (C=O) groups is 2. The number of carboxylic acids is 1. The van der Waals surface area contributed by atoms with Gasteiger partial charge in [-0.3, -0.25) is 9.59 Å². The Morgan fingerprint density at radius 2 is 2.10 bits per heavy atom. The number of hydrogen-bond acceptors (Lipinski definition) is 3. The van der Waals surface area contributed by atoms with Gasteiger partial charge in [-0.1, -0.05) is 20.3 Å². The molecule has 116 valence electrons. The van der Waals surface area contributed by atoms with Gasteiger partial charge in [0.1, 0.15) is 0 Å². The number of carboxylic acid groups (broad SMARTS) is 1. The third-order valence-electron chi connectivity index (χ3n) is 4.37. The number of amides is 1. The Balaban J connectivity index is 2.53. The van der Waals surface area contributed by atoms with Gasteiger partial charge < -0.3 is 16.2 Å². The van der Waals surface area contributed by atoms with Crippen LogP contribution in [0.3, 0.4) is 0 Å². The summed E-state index contributed by atoms with van der Waals surface area (Å²) in [5.41, 5.74) is 5.53.